The van der Waals surface area contributed by atoms with E-state index in [-0.39, 0.29) is 5.78 Å². The number of benzene rings is 3. The number of hydrogen-bond donors (Lipinski definition) is 0. The van der Waals surface area contributed by atoms with E-state index in [2.05, 4.69) is 0 Å². The summed E-state index contributed by atoms with van der Waals surface area (Å²) in [5.74, 6) is -0.135. The maximum atomic E-state index is 12.2. The molecule has 4 heteroatoms. The van der Waals surface area contributed by atoms with E-state index in [0.29, 0.717) is 21.9 Å². The second kappa shape index (κ2) is 8.47. The average molecular weight is 377 g/mol. The summed E-state index contributed by atoms with van der Waals surface area (Å²) in [6, 6.07) is 20.9. The summed E-state index contributed by atoms with van der Waals surface area (Å²) >= 11 is 5.83. The molecule has 0 bridgehead atoms. The van der Waals surface area contributed by atoms with E-state index in [1.54, 1.807) is 60.7 Å². The fourth-order valence-corrected chi connectivity index (χ4v) is 2.55. The van der Waals surface area contributed by atoms with Crippen molar-refractivity contribution < 1.29 is 14.3 Å². The number of aryl methyl sites for hydroxylation is 1. The average Bonchev–Trinajstić information content (AvgIpc) is 2.67. The fraction of sp³-hybridized carbons (Fsp3) is 0.0435. The Balaban J connectivity index is 1.69. The topological polar surface area (TPSA) is 43.4 Å². The number of esters is 1. The van der Waals surface area contributed by atoms with E-state index in [0.717, 1.165) is 11.1 Å². The zero-order valence-corrected chi connectivity index (χ0v) is 15.4. The first kappa shape index (κ1) is 18.6. The highest BCUT2D eigenvalue weighted by atomic mass is 35.5. The van der Waals surface area contributed by atoms with Crippen molar-refractivity contribution in [3.05, 3.63) is 106 Å². The second-order valence-electron chi connectivity index (χ2n) is 6.03. The molecule has 134 valence electrons. The van der Waals surface area contributed by atoms with E-state index in [1.165, 1.54) is 6.08 Å². The van der Waals surface area contributed by atoms with Gasteiger partial charge in [0.1, 0.15) is 5.75 Å². The van der Waals surface area contributed by atoms with E-state index in [9.17, 15) is 9.59 Å². The van der Waals surface area contributed by atoms with Crippen LogP contribution in [0, 0.1) is 6.92 Å². The van der Waals surface area contributed by atoms with Gasteiger partial charge in [-0.2, -0.15) is 0 Å². The molecule has 0 amide bonds. The molecule has 0 aliphatic rings. The lowest BCUT2D eigenvalue weighted by molar-refractivity contribution is 0.0734. The van der Waals surface area contributed by atoms with Crippen molar-refractivity contribution in [1.29, 1.82) is 0 Å². The zero-order chi connectivity index (χ0) is 19.2. The molecule has 0 saturated carbocycles. The van der Waals surface area contributed by atoms with Gasteiger partial charge < -0.3 is 4.74 Å². The summed E-state index contributed by atoms with van der Waals surface area (Å²) in [4.78, 5) is 24.4. The minimum atomic E-state index is -0.423. The highest BCUT2D eigenvalue weighted by Gasteiger charge is 2.08. The number of ether oxygens (including phenoxy) is 1. The van der Waals surface area contributed by atoms with Crippen LogP contribution in [0.1, 0.15) is 31.8 Å². The lowest BCUT2D eigenvalue weighted by atomic mass is 10.1. The molecule has 0 spiro atoms. The molecular weight excluding hydrogens is 360 g/mol. The summed E-state index contributed by atoms with van der Waals surface area (Å²) < 4.78 is 5.41. The number of carbonyl (C=O) groups excluding carboxylic acids is 2. The first-order chi connectivity index (χ1) is 13.0. The monoisotopic (exact) mass is 376 g/mol. The lowest BCUT2D eigenvalue weighted by Crippen LogP contribution is -2.08. The van der Waals surface area contributed by atoms with Crippen LogP contribution in [0.4, 0.5) is 0 Å². The molecule has 0 unspecified atom stereocenters. The Morgan fingerprint density at radius 3 is 2.26 bits per heavy atom. The van der Waals surface area contributed by atoms with E-state index in [4.69, 9.17) is 16.3 Å². The van der Waals surface area contributed by atoms with E-state index >= 15 is 0 Å². The van der Waals surface area contributed by atoms with Gasteiger partial charge in [0.2, 0.25) is 0 Å². The second-order valence-corrected chi connectivity index (χ2v) is 6.47. The minimum Gasteiger partial charge on any atom is -0.423 e. The normalized spacial score (nSPS) is 10.7. The predicted octanol–water partition coefficient (Wildman–Crippen LogP) is 5.76. The van der Waals surface area contributed by atoms with Gasteiger partial charge in [-0.15, -0.1) is 0 Å². The molecule has 3 nitrogen and oxygen atoms in total. The molecule has 3 aromatic rings. The largest absolute Gasteiger partial charge is 0.423 e. The molecule has 3 aromatic carbocycles. The van der Waals surface area contributed by atoms with E-state index in [1.807, 2.05) is 25.1 Å². The summed E-state index contributed by atoms with van der Waals surface area (Å²) in [7, 11) is 0. The van der Waals surface area contributed by atoms with Gasteiger partial charge in [0, 0.05) is 10.6 Å². The molecule has 0 fully saturated rings. The molecular formula is C23H17ClO3. The van der Waals surface area contributed by atoms with Gasteiger partial charge in [-0.05, 0) is 67.1 Å². The summed E-state index contributed by atoms with van der Waals surface area (Å²) in [6.45, 7) is 1.95. The number of halogens is 1. The van der Waals surface area contributed by atoms with Gasteiger partial charge in [0.05, 0.1) is 5.56 Å². The van der Waals surface area contributed by atoms with Crippen molar-refractivity contribution in [1.82, 2.24) is 0 Å². The maximum absolute atomic E-state index is 12.2. The third-order valence-corrected chi connectivity index (χ3v) is 4.16. The molecule has 0 radical (unpaired) electrons. The number of allylic oxidation sites excluding steroid dienone is 1. The molecule has 0 saturated heterocycles. The van der Waals surface area contributed by atoms with Gasteiger partial charge in [0.15, 0.2) is 5.78 Å². The quantitative estimate of drug-likeness (QED) is 0.246. The molecule has 0 aliphatic heterocycles. The van der Waals surface area contributed by atoms with Crippen molar-refractivity contribution in [2.45, 2.75) is 6.92 Å². The standard InChI is InChI=1S/C23H17ClO3/c1-16-5-8-19(9-6-16)23(26)27-21-4-2-3-17(15-21)7-14-22(25)18-10-12-20(24)13-11-18/h2-15H,1H3/b14-7+. The Kier molecular flexibility index (Phi) is 5.84. The van der Waals surface area contributed by atoms with Crippen LogP contribution in [0.3, 0.4) is 0 Å². The van der Waals surface area contributed by atoms with Crippen LogP contribution in [0.2, 0.25) is 5.02 Å². The van der Waals surface area contributed by atoms with Crippen LogP contribution in [-0.2, 0) is 0 Å². The Bertz CT molecular complexity index is 987. The Morgan fingerprint density at radius 2 is 1.56 bits per heavy atom. The Hall–Kier alpha value is -3.17. The van der Waals surface area contributed by atoms with Crippen molar-refractivity contribution in [2.24, 2.45) is 0 Å². The van der Waals surface area contributed by atoms with Gasteiger partial charge in [-0.25, -0.2) is 4.79 Å². The van der Waals surface area contributed by atoms with Gasteiger partial charge in [-0.3, -0.25) is 4.79 Å². The lowest BCUT2D eigenvalue weighted by Gasteiger charge is -2.05. The molecule has 3 rings (SSSR count). The molecule has 0 atom stereocenters. The first-order valence-corrected chi connectivity index (χ1v) is 8.76. The van der Waals surface area contributed by atoms with Gasteiger partial charge >= 0.3 is 5.97 Å². The Morgan fingerprint density at radius 1 is 0.889 bits per heavy atom. The number of hydrogen-bond acceptors (Lipinski definition) is 3. The van der Waals surface area contributed by atoms with Crippen LogP contribution in [-0.4, -0.2) is 11.8 Å². The van der Waals surface area contributed by atoms with Crippen LogP contribution in [0.15, 0.2) is 78.9 Å². The number of ketones is 1. The first-order valence-electron chi connectivity index (χ1n) is 8.38. The summed E-state index contributed by atoms with van der Waals surface area (Å²) in [5.41, 5.74) is 2.87. The zero-order valence-electron chi connectivity index (χ0n) is 14.7. The van der Waals surface area contributed by atoms with Crippen molar-refractivity contribution in [3.63, 3.8) is 0 Å². The molecule has 0 N–H and O–H groups in total. The highest BCUT2D eigenvalue weighted by molar-refractivity contribution is 6.30. The molecule has 0 heterocycles. The highest BCUT2D eigenvalue weighted by Crippen LogP contribution is 2.17. The Labute approximate surface area is 162 Å². The molecule has 0 aliphatic carbocycles. The summed E-state index contributed by atoms with van der Waals surface area (Å²) in [6.07, 6.45) is 3.16. The van der Waals surface area contributed by atoms with Crippen LogP contribution in [0.25, 0.3) is 6.08 Å². The maximum Gasteiger partial charge on any atom is 0.343 e. The third kappa shape index (κ3) is 5.16. The van der Waals surface area contributed by atoms with Gasteiger partial charge in [0.25, 0.3) is 0 Å². The minimum absolute atomic E-state index is 0.131. The fourth-order valence-electron chi connectivity index (χ4n) is 2.42. The van der Waals surface area contributed by atoms with Crippen molar-refractivity contribution >= 4 is 29.4 Å². The van der Waals surface area contributed by atoms with Crippen molar-refractivity contribution in [3.8, 4) is 5.75 Å². The van der Waals surface area contributed by atoms with Crippen LogP contribution >= 0.6 is 11.6 Å². The molecule has 27 heavy (non-hydrogen) atoms. The van der Waals surface area contributed by atoms with Crippen molar-refractivity contribution in [2.75, 3.05) is 0 Å². The third-order valence-electron chi connectivity index (χ3n) is 3.91. The smallest absolute Gasteiger partial charge is 0.343 e. The molecule has 0 aromatic heterocycles. The number of rotatable bonds is 5. The van der Waals surface area contributed by atoms with Crippen LogP contribution in [0.5, 0.6) is 5.75 Å². The van der Waals surface area contributed by atoms with Crippen LogP contribution < -0.4 is 4.74 Å². The predicted molar refractivity (Wildman–Crippen MR) is 107 cm³/mol. The number of carbonyl (C=O) groups is 2. The van der Waals surface area contributed by atoms with E-state index < -0.39 is 5.97 Å². The SMILES string of the molecule is Cc1ccc(C(=O)Oc2cccc(/C=C/C(=O)c3ccc(Cl)cc3)c2)cc1. The van der Waals surface area contributed by atoms with Gasteiger partial charge in [-0.1, -0.05) is 47.5 Å². The summed E-state index contributed by atoms with van der Waals surface area (Å²) in [5, 5.41) is 0.582.